The fraction of sp³-hybridized carbons (Fsp3) is 0.455. The molecule has 0 atom stereocenters. The molecule has 2 rings (SSSR count). The van der Waals surface area contributed by atoms with Crippen molar-refractivity contribution >= 4 is 11.6 Å². The minimum Gasteiger partial charge on any atom is -0.387 e. The lowest BCUT2D eigenvalue weighted by atomic mass is 9.87. The molecular formula is C11H14ClNO. The molecule has 1 aliphatic heterocycles. The van der Waals surface area contributed by atoms with E-state index >= 15 is 0 Å². The lowest BCUT2D eigenvalue weighted by Crippen LogP contribution is -2.60. The Balaban J connectivity index is 2.23. The number of nitrogens with one attached hydrogen (secondary N) is 1. The minimum atomic E-state index is -0.588. The maximum atomic E-state index is 9.99. The van der Waals surface area contributed by atoms with E-state index in [1.165, 1.54) is 0 Å². The van der Waals surface area contributed by atoms with Gasteiger partial charge in [0.15, 0.2) is 0 Å². The summed E-state index contributed by atoms with van der Waals surface area (Å²) in [5.74, 6) is 0. The molecule has 0 saturated carbocycles. The third-order valence-electron chi connectivity index (χ3n) is 2.77. The Morgan fingerprint density at radius 3 is 2.71 bits per heavy atom. The zero-order chi connectivity index (χ0) is 10.2. The third-order valence-corrected chi connectivity index (χ3v) is 3.12. The molecule has 1 saturated heterocycles. The molecule has 1 heterocycles. The summed E-state index contributed by atoms with van der Waals surface area (Å²) >= 11 is 6.09. The van der Waals surface area contributed by atoms with Crippen molar-refractivity contribution in [2.45, 2.75) is 18.9 Å². The second-order valence-electron chi connectivity index (χ2n) is 4.04. The first-order valence-electron chi connectivity index (χ1n) is 4.78. The zero-order valence-corrected chi connectivity index (χ0v) is 8.93. The zero-order valence-electron chi connectivity index (χ0n) is 8.18. The van der Waals surface area contributed by atoms with Crippen LogP contribution in [0, 0.1) is 6.92 Å². The smallest absolute Gasteiger partial charge is 0.0935 e. The van der Waals surface area contributed by atoms with Crippen molar-refractivity contribution in [2.75, 3.05) is 13.1 Å². The summed E-state index contributed by atoms with van der Waals surface area (Å²) in [5.41, 5.74) is 1.63. The molecule has 3 heteroatoms. The van der Waals surface area contributed by atoms with Crippen LogP contribution >= 0.6 is 11.6 Å². The van der Waals surface area contributed by atoms with E-state index in [0.29, 0.717) is 19.5 Å². The minimum absolute atomic E-state index is 0.588. The number of rotatable bonds is 2. The van der Waals surface area contributed by atoms with E-state index < -0.39 is 5.60 Å². The highest BCUT2D eigenvalue weighted by molar-refractivity contribution is 6.31. The third kappa shape index (κ3) is 1.78. The molecule has 1 aliphatic rings. The lowest BCUT2D eigenvalue weighted by molar-refractivity contribution is -0.00912. The average Bonchev–Trinajstić information content (AvgIpc) is 2.09. The largest absolute Gasteiger partial charge is 0.387 e. The van der Waals surface area contributed by atoms with Gasteiger partial charge in [-0.25, -0.2) is 0 Å². The van der Waals surface area contributed by atoms with Crippen LogP contribution < -0.4 is 5.32 Å². The number of benzene rings is 1. The van der Waals surface area contributed by atoms with Crippen LogP contribution in [0.15, 0.2) is 18.2 Å². The molecule has 1 fully saturated rings. The highest BCUT2D eigenvalue weighted by Gasteiger charge is 2.35. The Kier molecular flexibility index (Phi) is 2.52. The van der Waals surface area contributed by atoms with Gasteiger partial charge in [-0.05, 0) is 24.1 Å². The Bertz CT molecular complexity index is 327. The normalized spacial score (nSPS) is 19.1. The van der Waals surface area contributed by atoms with E-state index in [1.54, 1.807) is 0 Å². The van der Waals surface area contributed by atoms with Crippen molar-refractivity contribution in [2.24, 2.45) is 0 Å². The summed E-state index contributed by atoms with van der Waals surface area (Å²) < 4.78 is 0. The maximum absolute atomic E-state index is 9.99. The first kappa shape index (κ1) is 9.97. The van der Waals surface area contributed by atoms with E-state index in [2.05, 4.69) is 5.32 Å². The fourth-order valence-corrected chi connectivity index (χ4v) is 2.05. The Morgan fingerprint density at radius 1 is 1.50 bits per heavy atom. The van der Waals surface area contributed by atoms with E-state index in [4.69, 9.17) is 11.6 Å². The second kappa shape index (κ2) is 3.54. The van der Waals surface area contributed by atoms with Gasteiger partial charge in [0.05, 0.1) is 5.60 Å². The van der Waals surface area contributed by atoms with Crippen LogP contribution in [0.2, 0.25) is 5.02 Å². The van der Waals surface area contributed by atoms with Crippen molar-refractivity contribution in [1.29, 1.82) is 0 Å². The summed E-state index contributed by atoms with van der Waals surface area (Å²) in [4.78, 5) is 0. The number of hydrogen-bond donors (Lipinski definition) is 2. The van der Waals surface area contributed by atoms with Gasteiger partial charge in [0.2, 0.25) is 0 Å². The standard InChI is InChI=1S/C11H14ClNO/c1-8-3-2-4-10(12)9(8)5-11(14)6-13-7-11/h2-4,13-14H,5-7H2,1H3. The summed E-state index contributed by atoms with van der Waals surface area (Å²) in [6, 6.07) is 5.83. The van der Waals surface area contributed by atoms with Gasteiger partial charge in [0.1, 0.15) is 0 Å². The summed E-state index contributed by atoms with van der Waals surface area (Å²) in [6.45, 7) is 3.35. The molecule has 76 valence electrons. The van der Waals surface area contributed by atoms with Crippen molar-refractivity contribution in [3.63, 3.8) is 0 Å². The predicted molar refractivity (Wildman–Crippen MR) is 57.7 cm³/mol. The highest BCUT2D eigenvalue weighted by Crippen LogP contribution is 2.26. The van der Waals surface area contributed by atoms with Crippen LogP contribution in [0.5, 0.6) is 0 Å². The lowest BCUT2D eigenvalue weighted by Gasteiger charge is -2.38. The molecule has 0 aliphatic carbocycles. The number of hydrogen-bond acceptors (Lipinski definition) is 2. The molecule has 2 nitrogen and oxygen atoms in total. The van der Waals surface area contributed by atoms with Gasteiger partial charge in [0, 0.05) is 24.5 Å². The number of aliphatic hydroxyl groups is 1. The van der Waals surface area contributed by atoms with Crippen LogP contribution in [0.3, 0.4) is 0 Å². The van der Waals surface area contributed by atoms with E-state index in [9.17, 15) is 5.11 Å². The fourth-order valence-electron chi connectivity index (χ4n) is 1.76. The SMILES string of the molecule is Cc1cccc(Cl)c1CC1(O)CNC1. The summed E-state index contributed by atoms with van der Waals surface area (Å²) in [6.07, 6.45) is 0.644. The predicted octanol–water partition coefficient (Wildman–Crippen LogP) is 1.53. The molecule has 0 aromatic heterocycles. The van der Waals surface area contributed by atoms with Crippen LogP contribution in [-0.2, 0) is 6.42 Å². The van der Waals surface area contributed by atoms with Crippen LogP contribution in [-0.4, -0.2) is 23.8 Å². The van der Waals surface area contributed by atoms with Gasteiger partial charge in [-0.2, -0.15) is 0 Å². The van der Waals surface area contributed by atoms with Crippen molar-refractivity contribution in [3.8, 4) is 0 Å². The van der Waals surface area contributed by atoms with Gasteiger partial charge >= 0.3 is 0 Å². The van der Waals surface area contributed by atoms with Gasteiger partial charge in [-0.3, -0.25) is 0 Å². The summed E-state index contributed by atoms with van der Waals surface area (Å²) in [7, 11) is 0. The molecule has 1 aromatic rings. The molecule has 0 amide bonds. The molecule has 14 heavy (non-hydrogen) atoms. The monoisotopic (exact) mass is 211 g/mol. The molecule has 0 unspecified atom stereocenters. The van der Waals surface area contributed by atoms with E-state index in [0.717, 1.165) is 16.1 Å². The van der Waals surface area contributed by atoms with Crippen LogP contribution in [0.1, 0.15) is 11.1 Å². The number of halogens is 1. The van der Waals surface area contributed by atoms with Crippen LogP contribution in [0.25, 0.3) is 0 Å². The molecule has 1 aromatic carbocycles. The Hall–Kier alpha value is -0.570. The molecule has 2 N–H and O–H groups in total. The van der Waals surface area contributed by atoms with Crippen molar-refractivity contribution < 1.29 is 5.11 Å². The van der Waals surface area contributed by atoms with Gasteiger partial charge < -0.3 is 10.4 Å². The molecule has 0 spiro atoms. The van der Waals surface area contributed by atoms with Crippen molar-refractivity contribution in [3.05, 3.63) is 34.3 Å². The quantitative estimate of drug-likeness (QED) is 0.778. The van der Waals surface area contributed by atoms with Gasteiger partial charge in [-0.1, -0.05) is 23.7 Å². The Labute approximate surface area is 88.9 Å². The van der Waals surface area contributed by atoms with E-state index in [-0.39, 0.29) is 0 Å². The molecular weight excluding hydrogens is 198 g/mol. The van der Waals surface area contributed by atoms with E-state index in [1.807, 2.05) is 25.1 Å². The average molecular weight is 212 g/mol. The molecule has 0 radical (unpaired) electrons. The first-order chi connectivity index (χ1) is 6.61. The number of aryl methyl sites for hydroxylation is 1. The highest BCUT2D eigenvalue weighted by atomic mass is 35.5. The van der Waals surface area contributed by atoms with Gasteiger partial charge in [0.25, 0.3) is 0 Å². The molecule has 0 bridgehead atoms. The summed E-state index contributed by atoms with van der Waals surface area (Å²) in [5, 5.41) is 13.8. The topological polar surface area (TPSA) is 32.3 Å². The van der Waals surface area contributed by atoms with Crippen LogP contribution in [0.4, 0.5) is 0 Å². The van der Waals surface area contributed by atoms with Crippen molar-refractivity contribution in [1.82, 2.24) is 5.32 Å². The van der Waals surface area contributed by atoms with Gasteiger partial charge in [-0.15, -0.1) is 0 Å². The maximum Gasteiger partial charge on any atom is 0.0935 e. The second-order valence-corrected chi connectivity index (χ2v) is 4.45. The first-order valence-corrected chi connectivity index (χ1v) is 5.16. The number of β-amino-alcohol motifs (C(OH)–C–C–N with tert-alkyl or cyclic N) is 1. The Morgan fingerprint density at radius 2 is 2.21 bits per heavy atom.